The van der Waals surface area contributed by atoms with Gasteiger partial charge in [-0.05, 0) is 36.6 Å². The van der Waals surface area contributed by atoms with E-state index >= 15 is 0 Å². The summed E-state index contributed by atoms with van der Waals surface area (Å²) in [5, 5.41) is 3.34. The molecular weight excluding hydrogens is 252 g/mol. The monoisotopic (exact) mass is 272 g/mol. The molecule has 1 aromatic rings. The Morgan fingerprint density at radius 1 is 1.35 bits per heavy atom. The zero-order valence-corrected chi connectivity index (χ0v) is 12.0. The van der Waals surface area contributed by atoms with E-state index in [1.165, 1.54) is 17.7 Å². The van der Waals surface area contributed by atoms with Gasteiger partial charge in [-0.2, -0.15) is 0 Å². The third-order valence-electron chi connectivity index (χ3n) is 4.40. The Labute approximate surface area is 119 Å². The zero-order chi connectivity index (χ0) is 14.3. The summed E-state index contributed by atoms with van der Waals surface area (Å²) in [5.41, 5.74) is 2.68. The molecule has 1 atom stereocenters. The van der Waals surface area contributed by atoms with Crippen molar-refractivity contribution in [1.82, 2.24) is 10.2 Å². The number of hydrogen-bond donors (Lipinski definition) is 1. The molecule has 1 N–H and O–H groups in total. The molecule has 0 radical (unpaired) electrons. The summed E-state index contributed by atoms with van der Waals surface area (Å²) < 4.78 is 0. The van der Waals surface area contributed by atoms with E-state index in [1.807, 2.05) is 25.2 Å². The fourth-order valence-corrected chi connectivity index (χ4v) is 2.85. The summed E-state index contributed by atoms with van der Waals surface area (Å²) in [6.07, 6.45) is 4.08. The first-order valence-corrected chi connectivity index (χ1v) is 7.21. The van der Waals surface area contributed by atoms with Crippen LogP contribution in [0.15, 0.2) is 18.2 Å². The van der Waals surface area contributed by atoms with Crippen LogP contribution in [0.4, 0.5) is 0 Å². The van der Waals surface area contributed by atoms with Crippen LogP contribution < -0.4 is 5.32 Å². The summed E-state index contributed by atoms with van der Waals surface area (Å²) >= 11 is 0. The van der Waals surface area contributed by atoms with Gasteiger partial charge in [-0.1, -0.05) is 25.0 Å². The average molecular weight is 272 g/mol. The molecule has 3 rings (SSSR count). The SMILES string of the molecule is CNC(CC1CC1)c1ccc2c(c1)C(=O)N(C)C(=O)C2. The van der Waals surface area contributed by atoms with Crippen LogP contribution in [0.1, 0.15) is 46.8 Å². The predicted octanol–water partition coefficient (Wildman–Crippen LogP) is 1.90. The van der Waals surface area contributed by atoms with Gasteiger partial charge in [0.15, 0.2) is 0 Å². The predicted molar refractivity (Wildman–Crippen MR) is 76.4 cm³/mol. The zero-order valence-electron chi connectivity index (χ0n) is 12.0. The fraction of sp³-hybridized carbons (Fsp3) is 0.500. The molecule has 4 nitrogen and oxygen atoms in total. The quantitative estimate of drug-likeness (QED) is 0.852. The molecule has 1 aliphatic carbocycles. The largest absolute Gasteiger partial charge is 0.313 e. The number of likely N-dealkylation sites (N-methyl/N-ethyl adjacent to an activating group) is 1. The Balaban J connectivity index is 1.91. The van der Waals surface area contributed by atoms with Gasteiger partial charge in [0.1, 0.15) is 0 Å². The number of nitrogens with one attached hydrogen (secondary N) is 1. The van der Waals surface area contributed by atoms with Crippen LogP contribution in [0.3, 0.4) is 0 Å². The van der Waals surface area contributed by atoms with E-state index in [4.69, 9.17) is 0 Å². The van der Waals surface area contributed by atoms with Crippen molar-refractivity contribution in [3.05, 3.63) is 34.9 Å². The molecule has 106 valence electrons. The third-order valence-corrected chi connectivity index (χ3v) is 4.40. The molecule has 1 unspecified atom stereocenters. The van der Waals surface area contributed by atoms with Gasteiger partial charge in [-0.3, -0.25) is 14.5 Å². The second-order valence-corrected chi connectivity index (χ2v) is 5.87. The minimum atomic E-state index is -0.181. The third kappa shape index (κ3) is 2.36. The Morgan fingerprint density at radius 2 is 2.10 bits per heavy atom. The van der Waals surface area contributed by atoms with Crippen molar-refractivity contribution < 1.29 is 9.59 Å². The van der Waals surface area contributed by atoms with Gasteiger partial charge in [0.25, 0.3) is 5.91 Å². The minimum absolute atomic E-state index is 0.126. The lowest BCUT2D eigenvalue weighted by atomic mass is 9.92. The second kappa shape index (κ2) is 5.02. The number of amides is 2. The van der Waals surface area contributed by atoms with Gasteiger partial charge in [-0.25, -0.2) is 0 Å². The molecule has 0 saturated heterocycles. The fourth-order valence-electron chi connectivity index (χ4n) is 2.85. The van der Waals surface area contributed by atoms with Gasteiger partial charge in [0.05, 0.1) is 6.42 Å². The second-order valence-electron chi connectivity index (χ2n) is 5.87. The minimum Gasteiger partial charge on any atom is -0.313 e. The Morgan fingerprint density at radius 3 is 2.75 bits per heavy atom. The molecule has 1 aliphatic heterocycles. The number of benzene rings is 1. The normalized spacial score (nSPS) is 20.0. The Bertz CT molecular complexity index is 564. The number of carbonyl (C=O) groups excluding carboxylic acids is 2. The van der Waals surface area contributed by atoms with Crippen LogP contribution in [0.25, 0.3) is 0 Å². The first-order chi connectivity index (χ1) is 9.60. The summed E-state index contributed by atoms with van der Waals surface area (Å²) in [5.74, 6) is 0.515. The van der Waals surface area contributed by atoms with Crippen LogP contribution in [0.5, 0.6) is 0 Å². The van der Waals surface area contributed by atoms with Crippen molar-refractivity contribution in [1.29, 1.82) is 0 Å². The highest BCUT2D eigenvalue weighted by Crippen LogP contribution is 2.38. The lowest BCUT2D eigenvalue weighted by Crippen LogP contribution is -2.39. The van der Waals surface area contributed by atoms with Crippen LogP contribution in [0, 0.1) is 5.92 Å². The maximum absolute atomic E-state index is 12.2. The number of imide groups is 1. The van der Waals surface area contributed by atoms with E-state index in [0.717, 1.165) is 23.5 Å². The van der Waals surface area contributed by atoms with Crippen LogP contribution in [-0.2, 0) is 11.2 Å². The molecule has 2 aliphatic rings. The highest BCUT2D eigenvalue weighted by Gasteiger charge is 2.30. The molecule has 1 fully saturated rings. The van der Waals surface area contributed by atoms with Crippen molar-refractivity contribution in [2.75, 3.05) is 14.1 Å². The molecule has 20 heavy (non-hydrogen) atoms. The number of rotatable bonds is 4. The van der Waals surface area contributed by atoms with Crippen LogP contribution in [0.2, 0.25) is 0 Å². The Hall–Kier alpha value is -1.68. The van der Waals surface area contributed by atoms with Crippen LogP contribution >= 0.6 is 0 Å². The summed E-state index contributed by atoms with van der Waals surface area (Å²) in [4.78, 5) is 25.1. The molecule has 1 heterocycles. The molecular formula is C16H20N2O2. The highest BCUT2D eigenvalue weighted by molar-refractivity contribution is 6.09. The molecule has 1 saturated carbocycles. The van der Waals surface area contributed by atoms with Crippen molar-refractivity contribution in [2.24, 2.45) is 5.92 Å². The van der Waals surface area contributed by atoms with Crippen molar-refractivity contribution in [2.45, 2.75) is 31.7 Å². The van der Waals surface area contributed by atoms with E-state index in [9.17, 15) is 9.59 Å². The topological polar surface area (TPSA) is 49.4 Å². The number of fused-ring (bicyclic) bond motifs is 1. The first-order valence-electron chi connectivity index (χ1n) is 7.21. The van der Waals surface area contributed by atoms with Gasteiger partial charge < -0.3 is 5.32 Å². The van der Waals surface area contributed by atoms with Gasteiger partial charge >= 0.3 is 0 Å². The highest BCUT2D eigenvalue weighted by atomic mass is 16.2. The molecule has 0 spiro atoms. The van der Waals surface area contributed by atoms with Crippen molar-refractivity contribution in [3.63, 3.8) is 0 Å². The van der Waals surface area contributed by atoms with Crippen molar-refractivity contribution >= 4 is 11.8 Å². The molecule has 2 amide bonds. The number of nitrogens with zero attached hydrogens (tertiary/aromatic N) is 1. The van der Waals surface area contributed by atoms with Gasteiger partial charge in [0, 0.05) is 18.7 Å². The van der Waals surface area contributed by atoms with Gasteiger partial charge in [0.2, 0.25) is 5.91 Å². The molecule has 0 bridgehead atoms. The number of carbonyl (C=O) groups is 2. The molecule has 0 aromatic heterocycles. The van der Waals surface area contributed by atoms with E-state index in [0.29, 0.717) is 18.0 Å². The average Bonchev–Trinajstić information content (AvgIpc) is 3.26. The van der Waals surface area contributed by atoms with E-state index in [2.05, 4.69) is 5.32 Å². The summed E-state index contributed by atoms with van der Waals surface area (Å²) in [7, 11) is 3.52. The van der Waals surface area contributed by atoms with E-state index < -0.39 is 0 Å². The number of hydrogen-bond acceptors (Lipinski definition) is 3. The Kier molecular flexibility index (Phi) is 3.34. The van der Waals surface area contributed by atoms with Gasteiger partial charge in [-0.15, -0.1) is 0 Å². The lowest BCUT2D eigenvalue weighted by molar-refractivity contribution is -0.127. The summed E-state index contributed by atoms with van der Waals surface area (Å²) in [6.45, 7) is 0. The molecule has 4 heteroatoms. The summed E-state index contributed by atoms with van der Waals surface area (Å²) in [6, 6.07) is 6.24. The van der Waals surface area contributed by atoms with E-state index in [-0.39, 0.29) is 11.8 Å². The first kappa shape index (κ1) is 13.3. The maximum atomic E-state index is 12.2. The van der Waals surface area contributed by atoms with Crippen LogP contribution in [-0.4, -0.2) is 30.8 Å². The lowest BCUT2D eigenvalue weighted by Gasteiger charge is -2.25. The standard InChI is InChI=1S/C16H20N2O2/c1-17-14(7-10-3-4-10)12-6-5-11-9-15(19)18(2)16(20)13(11)8-12/h5-6,8,10,14,17H,3-4,7,9H2,1-2H3. The maximum Gasteiger partial charge on any atom is 0.260 e. The van der Waals surface area contributed by atoms with Crippen molar-refractivity contribution in [3.8, 4) is 0 Å². The van der Waals surface area contributed by atoms with E-state index in [1.54, 1.807) is 7.05 Å². The smallest absolute Gasteiger partial charge is 0.260 e. The molecule has 1 aromatic carbocycles.